The van der Waals surface area contributed by atoms with Crippen LogP contribution in [-0.4, -0.2) is 20.8 Å². The van der Waals surface area contributed by atoms with Crippen molar-refractivity contribution in [2.45, 2.75) is 31.0 Å². The van der Waals surface area contributed by atoms with Gasteiger partial charge in [-0.1, -0.05) is 35.9 Å². The summed E-state index contributed by atoms with van der Waals surface area (Å²) < 4.78 is 39.0. The SMILES string of the molecule is O=c1c(Cl)c(NC2C3CCc4ccccc4C32)cnn1-c1ccc(C(F)(F)F)cn1. The Morgan fingerprint density at radius 3 is 2.67 bits per heavy atom. The fourth-order valence-electron chi connectivity index (χ4n) is 4.32. The Labute approximate surface area is 174 Å². The third-order valence-electron chi connectivity index (χ3n) is 5.86. The van der Waals surface area contributed by atoms with Crippen molar-refractivity contribution in [3.8, 4) is 5.82 Å². The number of benzene rings is 1. The van der Waals surface area contributed by atoms with E-state index in [0.717, 1.165) is 29.7 Å². The molecule has 2 heterocycles. The Morgan fingerprint density at radius 2 is 1.93 bits per heavy atom. The van der Waals surface area contributed by atoms with Gasteiger partial charge >= 0.3 is 6.18 Å². The molecular weight excluding hydrogens is 417 g/mol. The van der Waals surface area contributed by atoms with Crippen molar-refractivity contribution in [2.75, 3.05) is 5.32 Å². The van der Waals surface area contributed by atoms with Gasteiger partial charge in [0.15, 0.2) is 5.82 Å². The molecule has 1 fully saturated rings. The highest BCUT2D eigenvalue weighted by molar-refractivity contribution is 6.33. The molecule has 1 saturated carbocycles. The Hall–Kier alpha value is -2.87. The monoisotopic (exact) mass is 432 g/mol. The lowest BCUT2D eigenvalue weighted by atomic mass is 9.92. The molecule has 0 saturated heterocycles. The van der Waals surface area contributed by atoms with E-state index in [1.807, 2.05) is 12.1 Å². The quantitative estimate of drug-likeness (QED) is 0.664. The van der Waals surface area contributed by atoms with Crippen LogP contribution >= 0.6 is 11.6 Å². The number of aryl methyl sites for hydroxylation is 1. The first-order chi connectivity index (χ1) is 14.3. The largest absolute Gasteiger partial charge is 0.417 e. The third kappa shape index (κ3) is 3.15. The fraction of sp³-hybridized carbons (Fsp3) is 0.286. The van der Waals surface area contributed by atoms with E-state index in [4.69, 9.17) is 11.6 Å². The molecule has 30 heavy (non-hydrogen) atoms. The van der Waals surface area contributed by atoms with Crippen molar-refractivity contribution in [1.29, 1.82) is 0 Å². The van der Waals surface area contributed by atoms with Crippen LogP contribution in [-0.2, 0) is 12.6 Å². The lowest BCUT2D eigenvalue weighted by Gasteiger charge is -2.13. The molecule has 5 rings (SSSR count). The smallest absolute Gasteiger partial charge is 0.379 e. The molecule has 0 spiro atoms. The topological polar surface area (TPSA) is 59.8 Å². The van der Waals surface area contributed by atoms with Crippen molar-refractivity contribution in [1.82, 2.24) is 14.8 Å². The molecule has 0 bridgehead atoms. The van der Waals surface area contributed by atoms with E-state index < -0.39 is 17.3 Å². The Balaban J connectivity index is 1.39. The number of fused-ring (bicyclic) bond motifs is 3. The maximum Gasteiger partial charge on any atom is 0.417 e. The summed E-state index contributed by atoms with van der Waals surface area (Å²) >= 11 is 6.28. The van der Waals surface area contributed by atoms with Gasteiger partial charge in [0, 0.05) is 18.2 Å². The second-order valence-electron chi connectivity index (χ2n) is 7.59. The minimum atomic E-state index is -4.50. The molecule has 9 heteroatoms. The minimum absolute atomic E-state index is 0.0320. The number of hydrogen-bond donors (Lipinski definition) is 1. The Morgan fingerprint density at radius 1 is 1.13 bits per heavy atom. The third-order valence-corrected chi connectivity index (χ3v) is 6.23. The molecule has 0 amide bonds. The molecule has 1 aromatic carbocycles. The van der Waals surface area contributed by atoms with Gasteiger partial charge in [0.1, 0.15) is 5.02 Å². The summed E-state index contributed by atoms with van der Waals surface area (Å²) in [5, 5.41) is 7.33. The first-order valence-electron chi connectivity index (χ1n) is 9.50. The number of aromatic nitrogens is 3. The highest BCUT2D eigenvalue weighted by atomic mass is 35.5. The zero-order valence-corrected chi connectivity index (χ0v) is 16.3. The average Bonchev–Trinajstić information content (AvgIpc) is 3.44. The number of anilines is 1. The van der Waals surface area contributed by atoms with E-state index in [2.05, 4.69) is 27.5 Å². The first-order valence-corrected chi connectivity index (χ1v) is 9.88. The van der Waals surface area contributed by atoms with E-state index in [9.17, 15) is 18.0 Å². The molecule has 2 aliphatic rings. The molecule has 3 atom stereocenters. The Bertz CT molecular complexity index is 1180. The van der Waals surface area contributed by atoms with E-state index >= 15 is 0 Å². The first kappa shape index (κ1) is 19.1. The second kappa shape index (κ2) is 6.84. The van der Waals surface area contributed by atoms with Crippen LogP contribution in [0, 0.1) is 5.92 Å². The molecule has 2 aromatic heterocycles. The fourth-order valence-corrected chi connectivity index (χ4v) is 4.50. The number of halogens is 4. The summed E-state index contributed by atoms with van der Waals surface area (Å²) in [7, 11) is 0. The summed E-state index contributed by atoms with van der Waals surface area (Å²) in [4.78, 5) is 16.4. The number of pyridine rings is 1. The van der Waals surface area contributed by atoms with Gasteiger partial charge in [0.25, 0.3) is 5.56 Å². The number of nitrogens with one attached hydrogen (secondary N) is 1. The summed E-state index contributed by atoms with van der Waals surface area (Å²) in [5.74, 6) is 0.829. The van der Waals surface area contributed by atoms with Gasteiger partial charge in [-0.15, -0.1) is 0 Å². The maximum atomic E-state index is 12.7. The lowest BCUT2D eigenvalue weighted by Crippen LogP contribution is -2.24. The van der Waals surface area contributed by atoms with E-state index in [1.54, 1.807) is 0 Å². The van der Waals surface area contributed by atoms with E-state index in [0.29, 0.717) is 23.7 Å². The van der Waals surface area contributed by atoms with Crippen LogP contribution in [0.25, 0.3) is 5.82 Å². The van der Waals surface area contributed by atoms with Gasteiger partial charge in [-0.25, -0.2) is 4.98 Å². The summed E-state index contributed by atoms with van der Waals surface area (Å²) in [6.45, 7) is 0. The predicted octanol–water partition coefficient (Wildman–Crippen LogP) is 4.44. The van der Waals surface area contributed by atoms with Gasteiger partial charge in [0.2, 0.25) is 0 Å². The summed E-state index contributed by atoms with van der Waals surface area (Å²) in [6.07, 6.45) is -0.330. The van der Waals surface area contributed by atoms with Crippen LogP contribution in [0.4, 0.5) is 18.9 Å². The van der Waals surface area contributed by atoms with E-state index in [1.165, 1.54) is 17.3 Å². The van der Waals surface area contributed by atoms with Gasteiger partial charge in [-0.3, -0.25) is 4.79 Å². The summed E-state index contributed by atoms with van der Waals surface area (Å²) in [6, 6.07) is 10.5. The molecule has 0 aliphatic heterocycles. The lowest BCUT2D eigenvalue weighted by molar-refractivity contribution is -0.137. The standard InChI is InChI=1S/C21H16ClF3N4O/c22-18-15(28-19-14-7-5-11-3-1-2-4-13(11)17(14)19)10-27-29(20(18)30)16-8-6-12(9-26-16)21(23,24)25/h1-4,6,8-10,14,17,19,28H,5,7H2. The molecular formula is C21H16ClF3N4O. The molecule has 2 aliphatic carbocycles. The van der Waals surface area contributed by atoms with Crippen LogP contribution in [0.15, 0.2) is 53.6 Å². The molecule has 1 N–H and O–H groups in total. The van der Waals surface area contributed by atoms with Crippen LogP contribution in [0.2, 0.25) is 5.02 Å². The number of nitrogens with zero attached hydrogens (tertiary/aromatic N) is 3. The predicted molar refractivity (Wildman–Crippen MR) is 106 cm³/mol. The van der Waals surface area contributed by atoms with Crippen LogP contribution in [0.1, 0.15) is 29.0 Å². The minimum Gasteiger partial charge on any atom is -0.379 e. The molecule has 3 aromatic rings. The molecule has 5 nitrogen and oxygen atoms in total. The zero-order chi connectivity index (χ0) is 21.0. The number of rotatable bonds is 3. The van der Waals surface area contributed by atoms with Crippen LogP contribution in [0.5, 0.6) is 0 Å². The average molecular weight is 433 g/mol. The zero-order valence-electron chi connectivity index (χ0n) is 15.5. The highest BCUT2D eigenvalue weighted by Crippen LogP contribution is 2.55. The summed E-state index contributed by atoms with van der Waals surface area (Å²) in [5.41, 5.74) is 1.56. The van der Waals surface area contributed by atoms with Crippen LogP contribution < -0.4 is 10.9 Å². The molecule has 0 radical (unpaired) electrons. The number of hydrogen-bond acceptors (Lipinski definition) is 4. The normalized spacial score (nSPS) is 22.2. The highest BCUT2D eigenvalue weighted by Gasteiger charge is 2.53. The van der Waals surface area contributed by atoms with Crippen molar-refractivity contribution in [3.63, 3.8) is 0 Å². The maximum absolute atomic E-state index is 12.7. The Kier molecular flexibility index (Phi) is 4.36. The van der Waals surface area contributed by atoms with Crippen molar-refractivity contribution < 1.29 is 13.2 Å². The van der Waals surface area contributed by atoms with Crippen molar-refractivity contribution in [3.05, 3.63) is 80.9 Å². The van der Waals surface area contributed by atoms with Gasteiger partial charge < -0.3 is 5.32 Å². The van der Waals surface area contributed by atoms with Crippen molar-refractivity contribution in [2.24, 2.45) is 5.92 Å². The van der Waals surface area contributed by atoms with Gasteiger partial charge in [-0.2, -0.15) is 23.0 Å². The van der Waals surface area contributed by atoms with Crippen molar-refractivity contribution >= 4 is 17.3 Å². The molecule has 154 valence electrons. The van der Waals surface area contributed by atoms with Crippen LogP contribution in [0.3, 0.4) is 0 Å². The van der Waals surface area contributed by atoms with Gasteiger partial charge in [0.05, 0.1) is 17.4 Å². The number of alkyl halides is 3. The molecule has 3 unspecified atom stereocenters. The second-order valence-corrected chi connectivity index (χ2v) is 7.97. The van der Waals surface area contributed by atoms with Gasteiger partial charge in [-0.05, 0) is 42.0 Å². The van der Waals surface area contributed by atoms with E-state index in [-0.39, 0.29) is 16.9 Å².